The van der Waals surface area contributed by atoms with E-state index in [1.165, 1.54) is 6.92 Å². The molecule has 0 saturated carbocycles. The quantitative estimate of drug-likeness (QED) is 0.463. The first-order valence-electron chi connectivity index (χ1n) is 9.81. The van der Waals surface area contributed by atoms with Crippen molar-refractivity contribution in [3.63, 3.8) is 0 Å². The molecule has 0 fully saturated rings. The summed E-state index contributed by atoms with van der Waals surface area (Å²) in [5, 5.41) is 8.36. The van der Waals surface area contributed by atoms with Gasteiger partial charge in [0.2, 0.25) is 5.91 Å². The molecular formula is C22H29N4O4+. The van der Waals surface area contributed by atoms with Crippen LogP contribution in [-0.2, 0) is 20.9 Å². The van der Waals surface area contributed by atoms with Crippen molar-refractivity contribution >= 4 is 29.1 Å². The third-order valence-corrected chi connectivity index (χ3v) is 4.48. The van der Waals surface area contributed by atoms with Crippen molar-refractivity contribution < 1.29 is 24.0 Å². The van der Waals surface area contributed by atoms with Crippen LogP contribution in [0.25, 0.3) is 0 Å². The van der Waals surface area contributed by atoms with Crippen LogP contribution in [-0.4, -0.2) is 44.5 Å². The lowest BCUT2D eigenvalue weighted by atomic mass is 10.2. The zero-order valence-corrected chi connectivity index (χ0v) is 17.6. The highest BCUT2D eigenvalue weighted by Crippen LogP contribution is 2.16. The van der Waals surface area contributed by atoms with Crippen molar-refractivity contribution in [2.45, 2.75) is 20.4 Å². The molecule has 1 unspecified atom stereocenters. The highest BCUT2D eigenvalue weighted by atomic mass is 16.5. The molecule has 0 saturated heterocycles. The second kappa shape index (κ2) is 11.6. The molecule has 0 aliphatic rings. The number of likely N-dealkylation sites (N-methyl/N-ethyl adjacent to an activating group) is 1. The van der Waals surface area contributed by atoms with Gasteiger partial charge >= 0.3 is 0 Å². The molecule has 0 aromatic heterocycles. The van der Waals surface area contributed by atoms with Gasteiger partial charge in [0.15, 0.2) is 13.1 Å². The van der Waals surface area contributed by atoms with Crippen LogP contribution in [0.5, 0.6) is 5.75 Å². The number of amides is 3. The predicted octanol–water partition coefficient (Wildman–Crippen LogP) is 0.813. The predicted molar refractivity (Wildman–Crippen MR) is 115 cm³/mol. The van der Waals surface area contributed by atoms with Gasteiger partial charge in [-0.25, -0.2) is 0 Å². The maximum Gasteiger partial charge on any atom is 0.279 e. The minimum Gasteiger partial charge on any atom is -0.496 e. The molecule has 8 heteroatoms. The number of nitrogens with one attached hydrogen (secondary N) is 4. The van der Waals surface area contributed by atoms with Crippen LogP contribution in [0.3, 0.4) is 0 Å². The van der Waals surface area contributed by atoms with Crippen molar-refractivity contribution in [1.82, 2.24) is 5.32 Å². The molecule has 0 spiro atoms. The first-order valence-corrected chi connectivity index (χ1v) is 9.81. The Bertz CT molecular complexity index is 868. The van der Waals surface area contributed by atoms with Gasteiger partial charge in [0.05, 0.1) is 13.7 Å². The molecule has 1 atom stereocenters. The number of anilines is 2. The maximum atomic E-state index is 12.3. The van der Waals surface area contributed by atoms with Gasteiger partial charge in [0.1, 0.15) is 5.75 Å². The second-order valence-corrected chi connectivity index (χ2v) is 6.85. The lowest BCUT2D eigenvalue weighted by Gasteiger charge is -2.17. The van der Waals surface area contributed by atoms with E-state index < -0.39 is 0 Å². The molecule has 2 aromatic carbocycles. The number of hydrogen-bond donors (Lipinski definition) is 4. The summed E-state index contributed by atoms with van der Waals surface area (Å²) in [6.45, 7) is 4.73. The van der Waals surface area contributed by atoms with E-state index in [0.29, 0.717) is 24.5 Å². The van der Waals surface area contributed by atoms with E-state index in [9.17, 15) is 14.4 Å². The summed E-state index contributed by atoms with van der Waals surface area (Å²) in [5.74, 6) is 0.251. The molecule has 8 nitrogen and oxygen atoms in total. The fraction of sp³-hybridized carbons (Fsp3) is 0.318. The number of quaternary nitrogens is 1. The topological polar surface area (TPSA) is 101 Å². The van der Waals surface area contributed by atoms with Crippen LogP contribution in [0.15, 0.2) is 48.5 Å². The molecule has 30 heavy (non-hydrogen) atoms. The highest BCUT2D eigenvalue weighted by Gasteiger charge is 2.17. The third kappa shape index (κ3) is 7.56. The van der Waals surface area contributed by atoms with E-state index in [2.05, 4.69) is 16.0 Å². The zero-order chi connectivity index (χ0) is 21.9. The van der Waals surface area contributed by atoms with Crippen LogP contribution in [0, 0.1) is 0 Å². The Balaban J connectivity index is 1.81. The lowest BCUT2D eigenvalue weighted by molar-refractivity contribution is -0.881. The van der Waals surface area contributed by atoms with Gasteiger partial charge < -0.3 is 25.6 Å². The number of methoxy groups -OCH3 is 1. The Kier molecular flexibility index (Phi) is 8.83. The van der Waals surface area contributed by atoms with E-state index in [-0.39, 0.29) is 30.8 Å². The number of rotatable bonds is 10. The minimum absolute atomic E-state index is 0.134. The molecule has 0 aliphatic carbocycles. The number of ether oxygens (including phenoxy) is 1. The van der Waals surface area contributed by atoms with Crippen molar-refractivity contribution in [3.8, 4) is 5.75 Å². The number of hydrogen-bond acceptors (Lipinski definition) is 4. The van der Waals surface area contributed by atoms with Crippen LogP contribution in [0.4, 0.5) is 11.4 Å². The molecule has 2 aromatic rings. The largest absolute Gasteiger partial charge is 0.496 e. The Labute approximate surface area is 176 Å². The average molecular weight is 413 g/mol. The average Bonchev–Trinajstić information content (AvgIpc) is 2.73. The molecule has 4 N–H and O–H groups in total. The fourth-order valence-electron chi connectivity index (χ4n) is 2.92. The normalized spacial score (nSPS) is 11.3. The number of para-hydroxylation sites is 1. The summed E-state index contributed by atoms with van der Waals surface area (Å²) in [6, 6.07) is 14.4. The summed E-state index contributed by atoms with van der Waals surface area (Å²) >= 11 is 0. The molecule has 0 bridgehead atoms. The van der Waals surface area contributed by atoms with Crippen LogP contribution in [0.1, 0.15) is 19.4 Å². The van der Waals surface area contributed by atoms with E-state index in [1.807, 2.05) is 31.2 Å². The minimum atomic E-state index is -0.184. The van der Waals surface area contributed by atoms with Gasteiger partial charge in [-0.1, -0.05) is 18.2 Å². The van der Waals surface area contributed by atoms with Gasteiger partial charge in [-0.2, -0.15) is 0 Å². The summed E-state index contributed by atoms with van der Waals surface area (Å²) in [4.78, 5) is 36.6. The molecule has 0 heterocycles. The molecule has 160 valence electrons. The molecule has 0 aliphatic heterocycles. The van der Waals surface area contributed by atoms with E-state index in [4.69, 9.17) is 4.74 Å². The Morgan fingerprint density at radius 2 is 1.50 bits per heavy atom. The second-order valence-electron chi connectivity index (χ2n) is 6.85. The van der Waals surface area contributed by atoms with E-state index >= 15 is 0 Å². The number of carbonyl (C=O) groups excluding carboxylic acids is 3. The molecule has 3 amide bonds. The molecular weight excluding hydrogens is 384 g/mol. The zero-order valence-electron chi connectivity index (χ0n) is 17.6. The van der Waals surface area contributed by atoms with Gasteiger partial charge in [-0.3, -0.25) is 14.4 Å². The summed E-state index contributed by atoms with van der Waals surface area (Å²) < 4.78 is 5.29. The Hall–Kier alpha value is -3.39. The van der Waals surface area contributed by atoms with E-state index in [0.717, 1.165) is 16.2 Å². The van der Waals surface area contributed by atoms with Crippen LogP contribution < -0.4 is 25.6 Å². The summed E-state index contributed by atoms with van der Waals surface area (Å²) in [5.41, 5.74) is 2.19. The van der Waals surface area contributed by atoms with Crippen molar-refractivity contribution in [2.24, 2.45) is 0 Å². The van der Waals surface area contributed by atoms with Gasteiger partial charge in [0, 0.05) is 30.4 Å². The SMILES string of the molecule is CC[NH+](CC(=O)NCc1ccccc1OC)CC(=O)Nc1ccc(NC(C)=O)cc1. The lowest BCUT2D eigenvalue weighted by Crippen LogP contribution is -3.13. The van der Waals surface area contributed by atoms with Crippen molar-refractivity contribution in [1.29, 1.82) is 0 Å². The summed E-state index contributed by atoms with van der Waals surface area (Å²) in [6.07, 6.45) is 0. The number of benzene rings is 2. The Morgan fingerprint density at radius 3 is 2.10 bits per heavy atom. The first kappa shape index (κ1) is 22.9. The first-order chi connectivity index (χ1) is 14.4. The summed E-state index contributed by atoms with van der Waals surface area (Å²) in [7, 11) is 1.59. The van der Waals surface area contributed by atoms with Crippen LogP contribution >= 0.6 is 0 Å². The molecule has 2 rings (SSSR count). The Morgan fingerprint density at radius 1 is 0.900 bits per heavy atom. The standard InChI is InChI=1S/C22H28N4O4/c1-4-26(14-21(28)23-13-17-7-5-6-8-20(17)30-3)15-22(29)25-19-11-9-18(10-12-19)24-16(2)27/h5-12H,4,13-15H2,1-3H3,(H,23,28)(H,24,27)(H,25,29)/p+1. The third-order valence-electron chi connectivity index (χ3n) is 4.48. The smallest absolute Gasteiger partial charge is 0.279 e. The fourth-order valence-corrected chi connectivity index (χ4v) is 2.92. The van der Waals surface area contributed by atoms with Crippen LogP contribution in [0.2, 0.25) is 0 Å². The highest BCUT2D eigenvalue weighted by molar-refractivity contribution is 5.92. The van der Waals surface area contributed by atoms with E-state index in [1.54, 1.807) is 31.4 Å². The maximum absolute atomic E-state index is 12.3. The molecule has 0 radical (unpaired) electrons. The van der Waals surface area contributed by atoms with Crippen molar-refractivity contribution in [3.05, 3.63) is 54.1 Å². The van der Waals surface area contributed by atoms with Crippen molar-refractivity contribution in [2.75, 3.05) is 37.4 Å². The monoisotopic (exact) mass is 413 g/mol. The van der Waals surface area contributed by atoms with Gasteiger partial charge in [0.25, 0.3) is 11.8 Å². The van der Waals surface area contributed by atoms with Gasteiger partial charge in [-0.15, -0.1) is 0 Å². The van der Waals surface area contributed by atoms with Gasteiger partial charge in [-0.05, 0) is 37.3 Å². The number of carbonyl (C=O) groups is 3.